The van der Waals surface area contributed by atoms with Crippen molar-refractivity contribution in [2.24, 2.45) is 0 Å². The molecule has 8 nitrogen and oxygen atoms in total. The summed E-state index contributed by atoms with van der Waals surface area (Å²) in [5, 5.41) is 8.64. The molecule has 1 aliphatic heterocycles. The van der Waals surface area contributed by atoms with E-state index < -0.39 is 0 Å². The van der Waals surface area contributed by atoms with Crippen molar-refractivity contribution in [1.29, 1.82) is 0 Å². The third kappa shape index (κ3) is 5.29. The zero-order chi connectivity index (χ0) is 23.9. The molecule has 1 fully saturated rings. The Morgan fingerprint density at radius 3 is 2.50 bits per heavy atom. The standard InChI is InChI=1S/C26H32N4O4/c1-3-4-13-30-26(32)22-8-6-5-7-21(22)24(28-30)25(31)27-18-23(29-14-16-34-17-15-29)19-9-11-20(33-2)12-10-19/h5-12,23H,3-4,13-18H2,1-2H3,(H,27,31). The molecule has 180 valence electrons. The largest absolute Gasteiger partial charge is 0.497 e. The SMILES string of the molecule is CCCCn1nc(C(=O)NCC(c2ccc(OC)cc2)N2CCOCC2)c2ccccc2c1=O. The molecule has 0 bridgehead atoms. The molecule has 4 rings (SSSR count). The fourth-order valence-corrected chi connectivity index (χ4v) is 4.31. The Bertz CT molecular complexity index is 1170. The highest BCUT2D eigenvalue weighted by atomic mass is 16.5. The lowest BCUT2D eigenvalue weighted by Crippen LogP contribution is -2.44. The molecule has 1 atom stereocenters. The van der Waals surface area contributed by atoms with Crippen molar-refractivity contribution >= 4 is 16.7 Å². The molecule has 2 heterocycles. The summed E-state index contributed by atoms with van der Waals surface area (Å²) in [5.74, 6) is 0.506. The predicted octanol–water partition coefficient (Wildman–Crippen LogP) is 3.01. The van der Waals surface area contributed by atoms with Gasteiger partial charge in [-0.05, 0) is 30.2 Å². The second-order valence-corrected chi connectivity index (χ2v) is 8.42. The van der Waals surface area contributed by atoms with E-state index in [9.17, 15) is 9.59 Å². The minimum Gasteiger partial charge on any atom is -0.497 e. The molecule has 1 aliphatic rings. The first-order chi connectivity index (χ1) is 16.6. The minimum atomic E-state index is -0.284. The number of morpholine rings is 1. The van der Waals surface area contributed by atoms with Crippen LogP contribution in [0.5, 0.6) is 5.75 Å². The summed E-state index contributed by atoms with van der Waals surface area (Å²) >= 11 is 0. The van der Waals surface area contributed by atoms with Crippen LogP contribution in [0.4, 0.5) is 0 Å². The summed E-state index contributed by atoms with van der Waals surface area (Å²) in [7, 11) is 1.64. The molecule has 0 saturated carbocycles. The molecule has 0 spiro atoms. The van der Waals surface area contributed by atoms with Crippen LogP contribution in [0.1, 0.15) is 41.9 Å². The Morgan fingerprint density at radius 1 is 1.12 bits per heavy atom. The maximum absolute atomic E-state index is 13.4. The Labute approximate surface area is 199 Å². The van der Waals surface area contributed by atoms with Crippen molar-refractivity contribution in [2.45, 2.75) is 32.4 Å². The van der Waals surface area contributed by atoms with Gasteiger partial charge in [0, 0.05) is 31.6 Å². The van der Waals surface area contributed by atoms with Crippen molar-refractivity contribution in [3.63, 3.8) is 0 Å². The number of hydrogen-bond acceptors (Lipinski definition) is 6. The molecular weight excluding hydrogens is 432 g/mol. The van der Waals surface area contributed by atoms with Gasteiger partial charge in [0.25, 0.3) is 11.5 Å². The number of fused-ring (bicyclic) bond motifs is 1. The van der Waals surface area contributed by atoms with E-state index in [0.717, 1.165) is 37.2 Å². The number of carbonyl (C=O) groups excluding carboxylic acids is 1. The third-order valence-corrected chi connectivity index (χ3v) is 6.25. The van der Waals surface area contributed by atoms with E-state index in [0.29, 0.717) is 37.1 Å². The fraction of sp³-hybridized carbons (Fsp3) is 0.423. The van der Waals surface area contributed by atoms with Crippen LogP contribution in [-0.2, 0) is 11.3 Å². The zero-order valence-electron chi connectivity index (χ0n) is 19.8. The number of ether oxygens (including phenoxy) is 2. The van der Waals surface area contributed by atoms with Crippen LogP contribution in [0, 0.1) is 0 Å². The second kappa shape index (κ2) is 11.3. The maximum atomic E-state index is 13.4. The number of hydrogen-bond donors (Lipinski definition) is 1. The molecule has 1 saturated heterocycles. The van der Waals surface area contributed by atoms with Crippen molar-refractivity contribution < 1.29 is 14.3 Å². The Morgan fingerprint density at radius 2 is 1.82 bits per heavy atom. The average molecular weight is 465 g/mol. The minimum absolute atomic E-state index is 0.0176. The average Bonchev–Trinajstić information content (AvgIpc) is 2.89. The number of aryl methyl sites for hydroxylation is 1. The topological polar surface area (TPSA) is 85.7 Å². The van der Waals surface area contributed by atoms with E-state index in [2.05, 4.69) is 22.2 Å². The van der Waals surface area contributed by atoms with Gasteiger partial charge in [0.2, 0.25) is 0 Å². The van der Waals surface area contributed by atoms with Crippen molar-refractivity contribution in [3.05, 3.63) is 70.1 Å². The highest BCUT2D eigenvalue weighted by molar-refractivity contribution is 6.04. The van der Waals surface area contributed by atoms with Gasteiger partial charge in [0.05, 0.1) is 31.8 Å². The van der Waals surface area contributed by atoms with Gasteiger partial charge in [0.15, 0.2) is 5.69 Å². The fourth-order valence-electron chi connectivity index (χ4n) is 4.31. The predicted molar refractivity (Wildman–Crippen MR) is 131 cm³/mol. The monoisotopic (exact) mass is 464 g/mol. The van der Waals surface area contributed by atoms with Gasteiger partial charge in [0.1, 0.15) is 5.75 Å². The highest BCUT2D eigenvalue weighted by Crippen LogP contribution is 2.24. The van der Waals surface area contributed by atoms with E-state index >= 15 is 0 Å². The number of nitrogens with zero attached hydrogens (tertiary/aromatic N) is 3. The molecular formula is C26H32N4O4. The zero-order valence-corrected chi connectivity index (χ0v) is 19.8. The summed E-state index contributed by atoms with van der Waals surface area (Å²) in [6, 6.07) is 15.1. The summed E-state index contributed by atoms with van der Waals surface area (Å²) in [4.78, 5) is 28.5. The summed E-state index contributed by atoms with van der Waals surface area (Å²) in [5.41, 5.74) is 1.21. The normalized spacial score (nSPS) is 15.2. The lowest BCUT2D eigenvalue weighted by molar-refractivity contribution is 0.0162. The van der Waals surface area contributed by atoms with Crippen LogP contribution in [0.3, 0.4) is 0 Å². The smallest absolute Gasteiger partial charge is 0.274 e. The van der Waals surface area contributed by atoms with Crippen molar-refractivity contribution in [3.8, 4) is 5.75 Å². The number of unbranched alkanes of at least 4 members (excludes halogenated alkanes) is 1. The van der Waals surface area contributed by atoms with Crippen molar-refractivity contribution in [2.75, 3.05) is 40.0 Å². The van der Waals surface area contributed by atoms with Crippen molar-refractivity contribution in [1.82, 2.24) is 20.0 Å². The molecule has 2 aromatic carbocycles. The third-order valence-electron chi connectivity index (χ3n) is 6.25. The molecule has 34 heavy (non-hydrogen) atoms. The molecule has 1 unspecified atom stereocenters. The van der Waals surface area contributed by atoms with E-state index in [1.54, 1.807) is 19.2 Å². The van der Waals surface area contributed by atoms with Gasteiger partial charge in [-0.25, -0.2) is 4.68 Å². The Balaban J connectivity index is 1.61. The van der Waals surface area contributed by atoms with Gasteiger partial charge in [-0.2, -0.15) is 5.10 Å². The van der Waals surface area contributed by atoms with Crippen LogP contribution in [-0.4, -0.2) is 60.5 Å². The first kappa shape index (κ1) is 23.9. The summed E-state index contributed by atoms with van der Waals surface area (Å²) in [6.07, 6.45) is 1.76. The Kier molecular flexibility index (Phi) is 7.92. The van der Waals surface area contributed by atoms with Crippen LogP contribution >= 0.6 is 0 Å². The lowest BCUT2D eigenvalue weighted by Gasteiger charge is -2.35. The van der Waals surface area contributed by atoms with Gasteiger partial charge < -0.3 is 14.8 Å². The van der Waals surface area contributed by atoms with E-state index in [4.69, 9.17) is 9.47 Å². The Hall–Kier alpha value is -3.23. The first-order valence-electron chi connectivity index (χ1n) is 11.9. The number of methoxy groups -OCH3 is 1. The quantitative estimate of drug-likeness (QED) is 0.524. The van der Waals surface area contributed by atoms with E-state index in [1.807, 2.05) is 36.4 Å². The lowest BCUT2D eigenvalue weighted by atomic mass is 10.0. The number of aromatic nitrogens is 2. The number of nitrogens with one attached hydrogen (secondary N) is 1. The van der Waals surface area contributed by atoms with Crippen LogP contribution < -0.4 is 15.6 Å². The molecule has 1 aromatic heterocycles. The maximum Gasteiger partial charge on any atom is 0.274 e. The molecule has 1 amide bonds. The second-order valence-electron chi connectivity index (χ2n) is 8.42. The number of rotatable bonds is 9. The van der Waals surface area contributed by atoms with Gasteiger partial charge in [-0.3, -0.25) is 14.5 Å². The number of benzene rings is 2. The molecule has 8 heteroatoms. The first-order valence-corrected chi connectivity index (χ1v) is 11.9. The van der Waals surface area contributed by atoms with Gasteiger partial charge >= 0.3 is 0 Å². The van der Waals surface area contributed by atoms with E-state index in [1.165, 1.54) is 4.68 Å². The number of amides is 1. The molecule has 3 aromatic rings. The van der Waals surface area contributed by atoms with Gasteiger partial charge in [-0.1, -0.05) is 43.7 Å². The van der Waals surface area contributed by atoms with E-state index in [-0.39, 0.29) is 23.2 Å². The van der Waals surface area contributed by atoms with Crippen LogP contribution in [0.25, 0.3) is 10.8 Å². The highest BCUT2D eigenvalue weighted by Gasteiger charge is 2.24. The molecule has 0 aliphatic carbocycles. The summed E-state index contributed by atoms with van der Waals surface area (Å²) in [6.45, 7) is 5.86. The molecule has 1 N–H and O–H groups in total. The van der Waals surface area contributed by atoms with Gasteiger partial charge in [-0.15, -0.1) is 0 Å². The number of carbonyl (C=O) groups is 1. The van der Waals surface area contributed by atoms with Crippen LogP contribution in [0.2, 0.25) is 0 Å². The van der Waals surface area contributed by atoms with Crippen LogP contribution in [0.15, 0.2) is 53.3 Å². The summed E-state index contributed by atoms with van der Waals surface area (Å²) < 4.78 is 12.3. The molecule has 0 radical (unpaired) electrons.